The average Bonchev–Trinajstić information content (AvgIpc) is 2.95. The molecule has 0 fully saturated rings. The minimum absolute atomic E-state index is 0.0996. The molecule has 0 spiro atoms. The molecule has 8 nitrogen and oxygen atoms in total. The van der Waals surface area contributed by atoms with Gasteiger partial charge in [-0.05, 0) is 70.7 Å². The standard InChI is InChI=1S/C36H47N3O5S/c1-35(2,3)38-32(41)28-20-14-13-19-27(28)22-31(40)29(21-25-15-9-7-10-16-25)37-33(42)30(39(34(43)44)36(4,5)6)24-45-23-26-17-11-8-12-18-26/h7-20,29-31,40H,21-24H2,1-6H3,(H,37,42)(H,38,41)(H,43,44)/p-1/t29-,30+,31+/m0/s1. The molecule has 45 heavy (non-hydrogen) atoms. The Hall–Kier alpha value is -3.82. The first-order valence-electron chi connectivity index (χ1n) is 15.2. The highest BCUT2D eigenvalue weighted by Crippen LogP contribution is 2.23. The molecule has 0 unspecified atom stereocenters. The lowest BCUT2D eigenvalue weighted by Crippen LogP contribution is -2.63. The van der Waals surface area contributed by atoms with Crippen molar-refractivity contribution in [3.05, 3.63) is 107 Å². The molecule has 9 heteroatoms. The molecule has 3 N–H and O–H groups in total. The van der Waals surface area contributed by atoms with E-state index in [0.717, 1.165) is 16.0 Å². The molecular formula is C36H46N3O5S-. The fourth-order valence-electron chi connectivity index (χ4n) is 5.12. The van der Waals surface area contributed by atoms with Crippen LogP contribution in [0.5, 0.6) is 0 Å². The number of benzene rings is 3. The maximum absolute atomic E-state index is 14.0. The summed E-state index contributed by atoms with van der Waals surface area (Å²) in [5.74, 6) is 0.0161. The van der Waals surface area contributed by atoms with E-state index in [9.17, 15) is 24.6 Å². The largest absolute Gasteiger partial charge is 0.530 e. The minimum Gasteiger partial charge on any atom is -0.530 e. The van der Waals surface area contributed by atoms with Gasteiger partial charge in [0.1, 0.15) is 12.1 Å². The number of aliphatic hydroxyl groups excluding tert-OH is 1. The Morgan fingerprint density at radius 1 is 0.822 bits per heavy atom. The predicted molar refractivity (Wildman–Crippen MR) is 179 cm³/mol. The molecule has 0 aliphatic rings. The summed E-state index contributed by atoms with van der Waals surface area (Å²) in [6.07, 6.45) is -2.12. The van der Waals surface area contributed by atoms with Gasteiger partial charge in [-0.1, -0.05) is 78.9 Å². The molecule has 0 bridgehead atoms. The van der Waals surface area contributed by atoms with Gasteiger partial charge in [0.15, 0.2) is 0 Å². The number of amides is 3. The van der Waals surface area contributed by atoms with E-state index in [0.29, 0.717) is 23.3 Å². The number of aliphatic hydroxyl groups is 1. The van der Waals surface area contributed by atoms with Crippen LogP contribution in [0, 0.1) is 0 Å². The minimum atomic E-state index is -1.44. The van der Waals surface area contributed by atoms with Gasteiger partial charge in [-0.15, -0.1) is 0 Å². The number of nitrogens with one attached hydrogen (secondary N) is 2. The van der Waals surface area contributed by atoms with Gasteiger partial charge in [0.05, 0.1) is 12.1 Å². The third-order valence-electron chi connectivity index (χ3n) is 7.19. The highest BCUT2D eigenvalue weighted by atomic mass is 32.2. The second kappa shape index (κ2) is 16.0. The van der Waals surface area contributed by atoms with Gasteiger partial charge in [0.2, 0.25) is 5.91 Å². The maximum Gasteiger partial charge on any atom is 0.251 e. The van der Waals surface area contributed by atoms with Crippen LogP contribution < -0.4 is 15.7 Å². The van der Waals surface area contributed by atoms with E-state index in [1.165, 1.54) is 11.8 Å². The summed E-state index contributed by atoms with van der Waals surface area (Å²) in [6.45, 7) is 10.9. The highest BCUT2D eigenvalue weighted by Gasteiger charge is 2.36. The highest BCUT2D eigenvalue weighted by molar-refractivity contribution is 7.98. The van der Waals surface area contributed by atoms with Crippen molar-refractivity contribution in [2.75, 3.05) is 5.75 Å². The van der Waals surface area contributed by atoms with Gasteiger partial charge in [0.25, 0.3) is 5.91 Å². The number of carboxylic acid groups (broad SMARTS) is 1. The number of nitrogens with zero attached hydrogens (tertiary/aromatic N) is 1. The van der Waals surface area contributed by atoms with Crippen LogP contribution in [0.25, 0.3) is 0 Å². The monoisotopic (exact) mass is 632 g/mol. The zero-order chi connectivity index (χ0) is 33.2. The molecular weight excluding hydrogens is 586 g/mol. The molecule has 0 heterocycles. The number of carbonyl (C=O) groups is 3. The average molecular weight is 633 g/mol. The van der Waals surface area contributed by atoms with Crippen molar-refractivity contribution < 1.29 is 24.6 Å². The van der Waals surface area contributed by atoms with Gasteiger partial charge in [0, 0.05) is 34.6 Å². The molecule has 3 rings (SSSR count). The Kier molecular flexibility index (Phi) is 12.6. The Morgan fingerprint density at radius 3 is 1.93 bits per heavy atom. The quantitative estimate of drug-likeness (QED) is 0.254. The van der Waals surface area contributed by atoms with E-state index < -0.39 is 41.3 Å². The van der Waals surface area contributed by atoms with Gasteiger partial charge in [-0.2, -0.15) is 11.8 Å². The molecule has 0 aliphatic carbocycles. The topological polar surface area (TPSA) is 122 Å². The van der Waals surface area contributed by atoms with Crippen molar-refractivity contribution in [1.82, 2.24) is 15.5 Å². The van der Waals surface area contributed by atoms with Gasteiger partial charge >= 0.3 is 0 Å². The predicted octanol–water partition coefficient (Wildman–Crippen LogP) is 4.59. The lowest BCUT2D eigenvalue weighted by atomic mass is 9.93. The van der Waals surface area contributed by atoms with Gasteiger partial charge in [-0.25, -0.2) is 0 Å². The second-order valence-corrected chi connectivity index (χ2v) is 14.3. The molecule has 3 aromatic carbocycles. The summed E-state index contributed by atoms with van der Waals surface area (Å²) in [5, 5.41) is 30.0. The molecule has 3 atom stereocenters. The van der Waals surface area contributed by atoms with Gasteiger partial charge in [-0.3, -0.25) is 9.59 Å². The lowest BCUT2D eigenvalue weighted by molar-refractivity contribution is -0.272. The van der Waals surface area contributed by atoms with E-state index in [4.69, 9.17) is 0 Å². The fraction of sp³-hybridized carbons (Fsp3) is 0.417. The Bertz CT molecular complexity index is 1400. The Labute approximate surface area is 271 Å². The molecule has 0 aromatic heterocycles. The maximum atomic E-state index is 14.0. The van der Waals surface area contributed by atoms with Crippen molar-refractivity contribution in [1.29, 1.82) is 0 Å². The summed E-state index contributed by atoms with van der Waals surface area (Å²) < 4.78 is 0. The summed E-state index contributed by atoms with van der Waals surface area (Å²) in [7, 11) is 0. The normalized spacial score (nSPS) is 13.8. The van der Waals surface area contributed by atoms with Crippen LogP contribution in [-0.2, 0) is 23.4 Å². The summed E-state index contributed by atoms with van der Waals surface area (Å²) in [5.41, 5.74) is 1.67. The Balaban J connectivity index is 1.90. The fourth-order valence-corrected chi connectivity index (χ4v) is 6.19. The van der Waals surface area contributed by atoms with Crippen LogP contribution in [0.1, 0.15) is 68.6 Å². The molecule has 3 aromatic rings. The third-order valence-corrected chi connectivity index (χ3v) is 8.28. The smallest absolute Gasteiger partial charge is 0.251 e. The summed E-state index contributed by atoms with van der Waals surface area (Å²) >= 11 is 1.46. The molecule has 242 valence electrons. The van der Waals surface area contributed by atoms with Crippen LogP contribution in [0.15, 0.2) is 84.9 Å². The molecule has 0 aliphatic heterocycles. The summed E-state index contributed by atoms with van der Waals surface area (Å²) in [4.78, 5) is 40.6. The van der Waals surface area contributed by atoms with E-state index in [1.807, 2.05) is 87.5 Å². The van der Waals surface area contributed by atoms with Crippen molar-refractivity contribution in [3.8, 4) is 0 Å². The van der Waals surface area contributed by atoms with E-state index in [2.05, 4.69) is 10.6 Å². The van der Waals surface area contributed by atoms with Crippen molar-refractivity contribution in [2.24, 2.45) is 0 Å². The number of hydrogen-bond donors (Lipinski definition) is 3. The number of carbonyl (C=O) groups excluding carboxylic acids is 3. The van der Waals surface area contributed by atoms with Crippen LogP contribution in [0.3, 0.4) is 0 Å². The van der Waals surface area contributed by atoms with E-state index in [-0.39, 0.29) is 18.1 Å². The zero-order valence-electron chi connectivity index (χ0n) is 27.1. The zero-order valence-corrected chi connectivity index (χ0v) is 27.9. The SMILES string of the molecule is CC(C)(C)NC(=O)c1ccccc1C[C@@H](O)[C@H](Cc1ccccc1)NC(=O)[C@@H](CSCc1ccccc1)N(C(=O)[O-])C(C)(C)C. The second-order valence-electron chi connectivity index (χ2n) is 13.3. The number of rotatable bonds is 13. The van der Waals surface area contributed by atoms with Crippen LogP contribution in [-0.4, -0.2) is 62.9 Å². The number of hydrogen-bond acceptors (Lipinski definition) is 6. The van der Waals surface area contributed by atoms with E-state index in [1.54, 1.807) is 39.0 Å². The first-order valence-corrected chi connectivity index (χ1v) is 16.4. The van der Waals surface area contributed by atoms with Crippen molar-refractivity contribution >= 4 is 29.7 Å². The molecule has 0 radical (unpaired) electrons. The third kappa shape index (κ3) is 11.2. The van der Waals surface area contributed by atoms with Crippen LogP contribution in [0.4, 0.5) is 4.79 Å². The first kappa shape index (κ1) is 35.7. The molecule has 0 saturated heterocycles. The molecule has 0 saturated carbocycles. The number of thioether (sulfide) groups is 1. The van der Waals surface area contributed by atoms with Crippen molar-refractivity contribution in [3.63, 3.8) is 0 Å². The van der Waals surface area contributed by atoms with Crippen LogP contribution in [0.2, 0.25) is 0 Å². The lowest BCUT2D eigenvalue weighted by Gasteiger charge is -2.43. The first-order chi connectivity index (χ1) is 21.2. The van der Waals surface area contributed by atoms with E-state index >= 15 is 0 Å². The van der Waals surface area contributed by atoms with Crippen LogP contribution >= 0.6 is 11.8 Å². The summed E-state index contributed by atoms with van der Waals surface area (Å²) in [6, 6.07) is 24.5. The van der Waals surface area contributed by atoms with Crippen molar-refractivity contribution in [2.45, 2.75) is 89.4 Å². The Morgan fingerprint density at radius 2 is 1.38 bits per heavy atom. The van der Waals surface area contributed by atoms with Gasteiger partial charge < -0.3 is 30.5 Å². The molecule has 3 amide bonds.